The fraction of sp³-hybridized carbons (Fsp3) is 0.400. The van der Waals surface area contributed by atoms with E-state index in [1.807, 2.05) is 0 Å². The Labute approximate surface area is 141 Å². The molecule has 2 aliphatic rings. The van der Waals surface area contributed by atoms with Gasteiger partial charge in [0.05, 0.1) is 6.42 Å². The lowest BCUT2D eigenvalue weighted by Gasteiger charge is -2.18. The number of carbonyl (C=O) groups is 1. The van der Waals surface area contributed by atoms with E-state index in [9.17, 15) is 14.9 Å². The highest BCUT2D eigenvalue weighted by molar-refractivity contribution is 5.92. The Morgan fingerprint density at radius 3 is 2.88 bits per heavy atom. The van der Waals surface area contributed by atoms with Crippen LogP contribution >= 0.6 is 0 Å². The first kappa shape index (κ1) is 15.4. The summed E-state index contributed by atoms with van der Waals surface area (Å²) in [6, 6.07) is 4.44. The van der Waals surface area contributed by atoms with E-state index in [1.54, 1.807) is 18.2 Å². The lowest BCUT2D eigenvalue weighted by molar-refractivity contribution is -0.496. The third-order valence-electron chi connectivity index (χ3n) is 3.97. The molecule has 130 valence electrons. The van der Waals surface area contributed by atoms with Crippen LogP contribution in [-0.2, 0) is 11.2 Å². The molecule has 2 heterocycles. The second-order valence-corrected chi connectivity index (χ2v) is 5.83. The van der Waals surface area contributed by atoms with Gasteiger partial charge in [-0.3, -0.25) is 14.9 Å². The molecule has 10 heteroatoms. The number of aromatic nitrogens is 2. The van der Waals surface area contributed by atoms with E-state index in [2.05, 4.69) is 15.5 Å². The Morgan fingerprint density at radius 2 is 2.12 bits per heavy atom. The molecular weight excluding hydrogens is 332 g/mol. The van der Waals surface area contributed by atoms with E-state index in [-0.39, 0.29) is 34.9 Å². The molecule has 0 spiro atoms. The van der Waals surface area contributed by atoms with Crippen molar-refractivity contribution < 1.29 is 23.7 Å². The summed E-state index contributed by atoms with van der Waals surface area (Å²) in [5.74, 6) is 0.938. The predicted molar refractivity (Wildman–Crippen MR) is 82.2 cm³/mol. The molecule has 1 fully saturated rings. The van der Waals surface area contributed by atoms with Crippen LogP contribution in [0, 0.1) is 10.1 Å². The fourth-order valence-corrected chi connectivity index (χ4v) is 2.64. The quantitative estimate of drug-likeness (QED) is 0.630. The maximum absolute atomic E-state index is 12.1. The highest BCUT2D eigenvalue weighted by atomic mass is 16.6. The molecule has 2 atom stereocenters. The van der Waals surface area contributed by atoms with Crippen LogP contribution in [0.3, 0.4) is 0 Å². The first-order chi connectivity index (χ1) is 12.1. The van der Waals surface area contributed by atoms with Crippen molar-refractivity contribution in [1.82, 2.24) is 10.1 Å². The van der Waals surface area contributed by atoms with Crippen molar-refractivity contribution in [2.75, 3.05) is 18.5 Å². The highest BCUT2D eigenvalue weighted by Crippen LogP contribution is 2.41. The minimum Gasteiger partial charge on any atom is -0.486 e. The molecule has 25 heavy (non-hydrogen) atoms. The molecule has 1 N–H and O–H groups in total. The van der Waals surface area contributed by atoms with Gasteiger partial charge in [0.25, 0.3) is 0 Å². The highest BCUT2D eigenvalue weighted by Gasteiger charge is 2.53. The Morgan fingerprint density at radius 1 is 1.32 bits per heavy atom. The molecular formula is C15H14N4O6. The molecule has 1 aliphatic carbocycles. The van der Waals surface area contributed by atoms with Gasteiger partial charge in [-0.25, -0.2) is 0 Å². The van der Waals surface area contributed by atoms with Crippen molar-refractivity contribution in [3.63, 3.8) is 0 Å². The van der Waals surface area contributed by atoms with Crippen molar-refractivity contribution in [3.8, 4) is 11.5 Å². The number of benzene rings is 1. The van der Waals surface area contributed by atoms with Gasteiger partial charge in [0.1, 0.15) is 19.1 Å². The van der Waals surface area contributed by atoms with E-state index >= 15 is 0 Å². The molecule has 1 aliphatic heterocycles. The van der Waals surface area contributed by atoms with E-state index in [0.29, 0.717) is 36.8 Å². The number of fused-ring (bicyclic) bond motifs is 1. The normalized spacial score (nSPS) is 20.8. The number of rotatable bonds is 5. The zero-order valence-electron chi connectivity index (χ0n) is 13.0. The fourth-order valence-electron chi connectivity index (χ4n) is 2.64. The van der Waals surface area contributed by atoms with Crippen molar-refractivity contribution >= 4 is 11.6 Å². The maximum atomic E-state index is 12.1. The second-order valence-electron chi connectivity index (χ2n) is 5.83. The van der Waals surface area contributed by atoms with Crippen molar-refractivity contribution in [2.24, 2.45) is 0 Å². The molecule has 0 saturated heterocycles. The molecule has 10 nitrogen and oxygen atoms in total. The number of ether oxygens (including phenoxy) is 2. The van der Waals surface area contributed by atoms with Gasteiger partial charge in [-0.1, -0.05) is 5.16 Å². The molecule has 4 rings (SSSR count). The largest absolute Gasteiger partial charge is 0.486 e. The van der Waals surface area contributed by atoms with Crippen molar-refractivity contribution in [3.05, 3.63) is 40.0 Å². The molecule has 1 aromatic carbocycles. The first-order valence-electron chi connectivity index (χ1n) is 7.75. The van der Waals surface area contributed by atoms with Crippen LogP contribution < -0.4 is 14.8 Å². The van der Waals surface area contributed by atoms with Gasteiger partial charge in [-0.2, -0.15) is 4.98 Å². The van der Waals surface area contributed by atoms with Crippen LogP contribution in [0.1, 0.15) is 24.1 Å². The Hall–Kier alpha value is -3.17. The summed E-state index contributed by atoms with van der Waals surface area (Å²) in [6.45, 7) is 0.958. The Kier molecular flexibility index (Phi) is 3.71. The first-order valence-corrected chi connectivity index (χ1v) is 7.75. The summed E-state index contributed by atoms with van der Waals surface area (Å²) in [4.78, 5) is 26.5. The third-order valence-corrected chi connectivity index (χ3v) is 3.97. The third kappa shape index (κ3) is 3.23. The summed E-state index contributed by atoms with van der Waals surface area (Å²) in [6.07, 6.45) is 0.297. The second kappa shape index (κ2) is 6.04. The number of hydrogen-bond acceptors (Lipinski definition) is 8. The molecule has 2 aromatic rings. The Bertz CT molecular complexity index is 835. The SMILES string of the molecule is O=C(Cc1noc([C@@H]2C[C@H]2[N+](=O)[O-])n1)Nc1ccc2c(c1)OCCO2. The minimum atomic E-state index is -0.667. The van der Waals surface area contributed by atoms with Gasteiger partial charge in [0, 0.05) is 23.1 Å². The van der Waals surface area contributed by atoms with Crippen LogP contribution in [-0.4, -0.2) is 40.2 Å². The summed E-state index contributed by atoms with van der Waals surface area (Å²) in [5, 5.41) is 17.1. The molecule has 0 unspecified atom stereocenters. The molecule has 0 radical (unpaired) electrons. The lowest BCUT2D eigenvalue weighted by Crippen LogP contribution is -2.17. The number of amides is 1. The standard InChI is InChI=1S/C15H14N4O6/c20-14(16-8-1-2-11-12(5-8)24-4-3-23-11)7-13-17-15(25-18-13)9-6-10(9)19(21)22/h1-2,5,9-10H,3-4,6-7H2,(H,16,20)/t9-,10-/m1/s1. The molecule has 1 aromatic heterocycles. The smallest absolute Gasteiger partial charge is 0.236 e. The van der Waals surface area contributed by atoms with Gasteiger partial charge in [0.15, 0.2) is 17.3 Å². The van der Waals surface area contributed by atoms with Crippen LogP contribution in [0.15, 0.2) is 22.7 Å². The lowest BCUT2D eigenvalue weighted by atomic mass is 10.2. The number of hydrogen-bond donors (Lipinski definition) is 1. The topological polar surface area (TPSA) is 130 Å². The van der Waals surface area contributed by atoms with Gasteiger partial charge >= 0.3 is 0 Å². The van der Waals surface area contributed by atoms with Crippen LogP contribution in [0.5, 0.6) is 11.5 Å². The van der Waals surface area contributed by atoms with E-state index < -0.39 is 6.04 Å². The number of carbonyl (C=O) groups excluding carboxylic acids is 1. The van der Waals surface area contributed by atoms with Crippen LogP contribution in [0.25, 0.3) is 0 Å². The number of nitro groups is 1. The van der Waals surface area contributed by atoms with Gasteiger partial charge in [-0.15, -0.1) is 0 Å². The summed E-state index contributed by atoms with van der Waals surface area (Å²) in [7, 11) is 0. The summed E-state index contributed by atoms with van der Waals surface area (Å²) in [5.41, 5.74) is 0.563. The van der Waals surface area contributed by atoms with Crippen LogP contribution in [0.4, 0.5) is 5.69 Å². The van der Waals surface area contributed by atoms with Gasteiger partial charge in [-0.05, 0) is 12.1 Å². The zero-order valence-corrected chi connectivity index (χ0v) is 13.0. The molecule has 0 bridgehead atoms. The van der Waals surface area contributed by atoms with E-state index in [4.69, 9.17) is 14.0 Å². The van der Waals surface area contributed by atoms with E-state index in [1.165, 1.54) is 0 Å². The van der Waals surface area contributed by atoms with E-state index in [0.717, 1.165) is 0 Å². The average molecular weight is 346 g/mol. The summed E-state index contributed by atoms with van der Waals surface area (Å²) < 4.78 is 15.9. The number of nitrogens with zero attached hydrogens (tertiary/aromatic N) is 3. The maximum Gasteiger partial charge on any atom is 0.236 e. The van der Waals surface area contributed by atoms with Crippen molar-refractivity contribution in [2.45, 2.75) is 24.8 Å². The number of nitrogens with one attached hydrogen (secondary N) is 1. The monoisotopic (exact) mass is 346 g/mol. The average Bonchev–Trinajstić information content (AvgIpc) is 3.28. The van der Waals surface area contributed by atoms with Gasteiger partial charge < -0.3 is 19.3 Å². The van der Waals surface area contributed by atoms with Crippen LogP contribution in [0.2, 0.25) is 0 Å². The minimum absolute atomic E-state index is 0.0895. The zero-order chi connectivity index (χ0) is 17.4. The van der Waals surface area contributed by atoms with Gasteiger partial charge in [0.2, 0.25) is 17.8 Å². The molecule has 1 amide bonds. The van der Waals surface area contributed by atoms with Crippen molar-refractivity contribution in [1.29, 1.82) is 0 Å². The Balaban J connectivity index is 1.36. The summed E-state index contributed by atoms with van der Waals surface area (Å²) >= 11 is 0. The number of anilines is 1. The molecule has 1 saturated carbocycles. The predicted octanol–water partition coefficient (Wildman–Crippen LogP) is 1.15.